The lowest BCUT2D eigenvalue weighted by atomic mass is 10.2. The molecule has 1 fully saturated rings. The van der Waals surface area contributed by atoms with Crippen molar-refractivity contribution in [3.8, 4) is 0 Å². The number of H-pyrrole nitrogens is 1. The van der Waals surface area contributed by atoms with Gasteiger partial charge in [-0.05, 0) is 32.0 Å². The fourth-order valence-electron chi connectivity index (χ4n) is 1.82. The molecule has 1 aromatic heterocycles. The van der Waals surface area contributed by atoms with Crippen LogP contribution in [-0.4, -0.2) is 74.4 Å². The number of nitrogens with zero attached hydrogens (tertiary/aromatic N) is 2. The fourth-order valence-corrected chi connectivity index (χ4v) is 1.82. The number of esters is 1. The van der Waals surface area contributed by atoms with E-state index >= 15 is 0 Å². The van der Waals surface area contributed by atoms with Gasteiger partial charge in [-0.25, -0.2) is 14.6 Å². The van der Waals surface area contributed by atoms with E-state index in [-0.39, 0.29) is 31.3 Å². The van der Waals surface area contributed by atoms with Gasteiger partial charge in [-0.1, -0.05) is 25.8 Å². The summed E-state index contributed by atoms with van der Waals surface area (Å²) in [7, 11) is 0. The first-order valence-electron chi connectivity index (χ1n) is 9.72. The van der Waals surface area contributed by atoms with E-state index in [0.29, 0.717) is 12.8 Å². The van der Waals surface area contributed by atoms with Crippen molar-refractivity contribution in [3.05, 3.63) is 61.9 Å². The molecule has 1 aromatic rings. The highest BCUT2D eigenvalue weighted by Crippen LogP contribution is 2.08. The Morgan fingerprint density at radius 2 is 1.97 bits per heavy atom. The number of hydrogen-bond donors (Lipinski definition) is 4. The zero-order chi connectivity index (χ0) is 24.8. The summed E-state index contributed by atoms with van der Waals surface area (Å²) in [4.78, 5) is 39.2. The van der Waals surface area contributed by atoms with Gasteiger partial charge in [-0.3, -0.25) is 4.79 Å². The van der Waals surface area contributed by atoms with Crippen molar-refractivity contribution in [2.45, 2.75) is 26.2 Å². The second kappa shape index (κ2) is 20.8. The summed E-state index contributed by atoms with van der Waals surface area (Å²) < 4.78 is 4.33. The molecule has 0 aliphatic carbocycles. The number of imidazole rings is 1. The summed E-state index contributed by atoms with van der Waals surface area (Å²) in [5.41, 5.74) is 0.282. The number of carboxylic acids is 1. The van der Waals surface area contributed by atoms with Crippen LogP contribution in [-0.2, 0) is 19.1 Å². The van der Waals surface area contributed by atoms with E-state index in [1.807, 2.05) is 0 Å². The summed E-state index contributed by atoms with van der Waals surface area (Å²) >= 11 is 0. The Bertz CT molecular complexity index is 728. The Kier molecular flexibility index (Phi) is 19.9. The van der Waals surface area contributed by atoms with Gasteiger partial charge < -0.3 is 29.9 Å². The molecule has 0 saturated carbocycles. The van der Waals surface area contributed by atoms with Crippen LogP contribution in [0.5, 0.6) is 0 Å². The topological polar surface area (TPSA) is 153 Å². The van der Waals surface area contributed by atoms with Gasteiger partial charge in [0.25, 0.3) is 0 Å². The van der Waals surface area contributed by atoms with Crippen LogP contribution in [0.2, 0.25) is 0 Å². The number of hydrogen-bond acceptors (Lipinski definition) is 7. The molecule has 1 aliphatic heterocycles. The molecule has 0 radical (unpaired) electrons. The number of carbonyl (C=O) groups excluding carboxylic acids is 2. The van der Waals surface area contributed by atoms with Gasteiger partial charge in [0.15, 0.2) is 0 Å². The zero-order valence-corrected chi connectivity index (χ0v) is 18.4. The van der Waals surface area contributed by atoms with Crippen LogP contribution < -0.4 is 0 Å². The van der Waals surface area contributed by atoms with Crippen molar-refractivity contribution in [2.75, 3.05) is 26.4 Å². The number of rotatable bonds is 8. The van der Waals surface area contributed by atoms with Gasteiger partial charge in [-0.15, -0.1) is 0 Å². The first-order chi connectivity index (χ1) is 15.3. The van der Waals surface area contributed by atoms with Crippen LogP contribution in [0.4, 0.5) is 0 Å². The van der Waals surface area contributed by atoms with Crippen molar-refractivity contribution >= 4 is 23.9 Å². The Morgan fingerprint density at radius 1 is 1.28 bits per heavy atom. The molecule has 1 aliphatic rings. The number of aliphatic hydroxyl groups excluding tert-OH is 2. The third kappa shape index (κ3) is 17.4. The highest BCUT2D eigenvalue weighted by Gasteiger charge is 2.16. The van der Waals surface area contributed by atoms with E-state index in [1.54, 1.807) is 29.6 Å². The fraction of sp³-hybridized carbons (Fsp3) is 0.364. The van der Waals surface area contributed by atoms with Crippen molar-refractivity contribution in [2.24, 2.45) is 0 Å². The lowest BCUT2D eigenvalue weighted by molar-refractivity contribution is -0.138. The van der Waals surface area contributed by atoms with Crippen LogP contribution in [0.15, 0.2) is 56.1 Å². The molecular weight excluding hydrogens is 418 g/mol. The van der Waals surface area contributed by atoms with Crippen LogP contribution in [0, 0.1) is 0 Å². The molecule has 2 rings (SSSR count). The minimum atomic E-state index is -0.927. The number of aromatic nitrogens is 2. The highest BCUT2D eigenvalue weighted by atomic mass is 16.5. The number of aliphatic hydroxyl groups is 2. The second-order valence-corrected chi connectivity index (χ2v) is 5.85. The van der Waals surface area contributed by atoms with Gasteiger partial charge in [0.05, 0.1) is 6.61 Å². The molecule has 32 heavy (non-hydrogen) atoms. The molecule has 1 amide bonds. The van der Waals surface area contributed by atoms with E-state index in [0.717, 1.165) is 24.9 Å². The Balaban J connectivity index is 0. The molecule has 10 heteroatoms. The van der Waals surface area contributed by atoms with E-state index in [9.17, 15) is 14.4 Å². The molecule has 1 saturated heterocycles. The van der Waals surface area contributed by atoms with Crippen LogP contribution in [0.1, 0.15) is 32.0 Å². The first-order valence-corrected chi connectivity index (χ1v) is 9.72. The maximum Gasteiger partial charge on any atom is 0.330 e. The van der Waals surface area contributed by atoms with Gasteiger partial charge in [0.2, 0.25) is 5.91 Å². The molecule has 0 aromatic carbocycles. The minimum absolute atomic E-state index is 0.00458. The molecule has 0 atom stereocenters. The molecule has 4 N–H and O–H groups in total. The second-order valence-electron chi connectivity index (χ2n) is 5.85. The van der Waals surface area contributed by atoms with Crippen molar-refractivity contribution in [1.82, 2.24) is 14.9 Å². The molecule has 0 unspecified atom stereocenters. The maximum absolute atomic E-state index is 10.7. The maximum atomic E-state index is 10.7. The lowest BCUT2D eigenvalue weighted by Gasteiger charge is -2.05. The van der Waals surface area contributed by atoms with E-state index in [4.69, 9.17) is 15.3 Å². The van der Waals surface area contributed by atoms with Crippen LogP contribution in [0.3, 0.4) is 0 Å². The van der Waals surface area contributed by atoms with Gasteiger partial charge in [0.1, 0.15) is 12.4 Å². The molecule has 0 spiro atoms. The predicted octanol–water partition coefficient (Wildman–Crippen LogP) is 1.91. The number of ether oxygens (including phenoxy) is 1. The number of aromatic amines is 1. The molecule has 10 nitrogen and oxygen atoms in total. The molecule has 0 bridgehead atoms. The Hall–Kier alpha value is -3.50. The minimum Gasteiger partial charge on any atom is -0.478 e. The number of amides is 1. The lowest BCUT2D eigenvalue weighted by Crippen LogP contribution is -2.16. The van der Waals surface area contributed by atoms with E-state index < -0.39 is 11.9 Å². The average Bonchev–Trinajstić information content (AvgIpc) is 3.48. The number of carbonyl (C=O) groups is 3. The highest BCUT2D eigenvalue weighted by molar-refractivity contribution is 5.85. The van der Waals surface area contributed by atoms with Crippen molar-refractivity contribution in [1.29, 1.82) is 0 Å². The monoisotopic (exact) mass is 451 g/mol. The summed E-state index contributed by atoms with van der Waals surface area (Å²) in [6.07, 6.45) is 11.4. The summed E-state index contributed by atoms with van der Waals surface area (Å²) in [6.45, 7) is 12.4. The summed E-state index contributed by atoms with van der Waals surface area (Å²) in [5, 5.41) is 24.6. The average molecular weight is 452 g/mol. The number of nitrogens with one attached hydrogen (secondary N) is 1. The van der Waals surface area contributed by atoms with E-state index in [2.05, 4.69) is 34.4 Å². The Labute approximate surface area is 188 Å². The number of carboxylic acid groups (broad SMARTS) is 1. The molecule has 178 valence electrons. The Morgan fingerprint density at radius 3 is 2.28 bits per heavy atom. The SMILES string of the molecule is C=CC(=O)OCCO.C=CN1CCCC1=O.C=Cc1ncc[nH]1.CC(=CCCO)C(=O)O. The third-order valence-corrected chi connectivity index (χ3v) is 3.46. The smallest absolute Gasteiger partial charge is 0.330 e. The molecular formula is C22H33N3O7. The normalized spacial score (nSPS) is 12.0. The standard InChI is InChI=1S/C6H9NO.C6H10O3.C5H6N2.C5H8O3/c1-2-7-5-3-4-6(7)8;1-5(6(8)9)3-2-4-7;1-2-5-6-3-4-7-5;1-2-5(7)8-4-3-6/h2H,1,3-5H2;3,7H,2,4H2,1H3,(H,8,9);2-4H,1H2,(H,6,7);2,6H,1,3-4H2. The van der Waals surface area contributed by atoms with Crippen molar-refractivity contribution < 1.29 is 34.4 Å². The van der Waals surface area contributed by atoms with Gasteiger partial charge in [0, 0.05) is 43.6 Å². The number of aliphatic carboxylic acids is 1. The van der Waals surface area contributed by atoms with Crippen LogP contribution >= 0.6 is 0 Å². The molecule has 2 heterocycles. The summed E-state index contributed by atoms with van der Waals surface area (Å²) in [5.74, 6) is -0.400. The van der Waals surface area contributed by atoms with Gasteiger partial charge >= 0.3 is 11.9 Å². The quantitative estimate of drug-likeness (QED) is 0.345. The largest absolute Gasteiger partial charge is 0.478 e. The van der Waals surface area contributed by atoms with Crippen LogP contribution in [0.25, 0.3) is 6.08 Å². The first kappa shape index (κ1) is 30.7. The van der Waals surface area contributed by atoms with E-state index in [1.165, 1.54) is 13.0 Å². The van der Waals surface area contributed by atoms with Gasteiger partial charge in [-0.2, -0.15) is 0 Å². The predicted molar refractivity (Wildman–Crippen MR) is 121 cm³/mol. The number of likely N-dealkylation sites (tertiary alicyclic amines) is 1. The zero-order valence-electron chi connectivity index (χ0n) is 18.4. The van der Waals surface area contributed by atoms with Crippen molar-refractivity contribution in [3.63, 3.8) is 0 Å². The third-order valence-electron chi connectivity index (χ3n) is 3.46. The summed E-state index contributed by atoms with van der Waals surface area (Å²) in [6, 6.07) is 0.